The quantitative estimate of drug-likeness (QED) is 0.551. The first-order chi connectivity index (χ1) is 14.3. The molecule has 0 aliphatic heterocycles. The highest BCUT2D eigenvalue weighted by Crippen LogP contribution is 2.29. The van der Waals surface area contributed by atoms with Crippen LogP contribution in [0.15, 0.2) is 47.2 Å². The van der Waals surface area contributed by atoms with Gasteiger partial charge < -0.3 is 9.26 Å². The number of aromatic nitrogens is 3. The van der Waals surface area contributed by atoms with Crippen LogP contribution in [0.3, 0.4) is 0 Å². The fraction of sp³-hybridized carbons (Fsp3) is 0.263. The summed E-state index contributed by atoms with van der Waals surface area (Å²) in [5.41, 5.74) is 2.66. The third-order valence-electron chi connectivity index (χ3n) is 3.92. The highest BCUT2D eigenvalue weighted by Gasteiger charge is 2.38. The van der Waals surface area contributed by atoms with Crippen molar-refractivity contribution in [2.24, 2.45) is 0 Å². The Kier molecular flexibility index (Phi) is 6.31. The van der Waals surface area contributed by atoms with Gasteiger partial charge in [-0.05, 0) is 24.1 Å². The molecule has 0 fully saturated rings. The molecule has 3 aromatic rings. The monoisotopic (exact) mass is 422 g/mol. The van der Waals surface area contributed by atoms with Crippen LogP contribution in [0.1, 0.15) is 22.6 Å². The summed E-state index contributed by atoms with van der Waals surface area (Å²) in [6.07, 6.45) is -2.12. The van der Waals surface area contributed by atoms with E-state index in [4.69, 9.17) is 9.57 Å². The minimum Gasteiger partial charge on any atom is -0.443 e. The van der Waals surface area contributed by atoms with Gasteiger partial charge in [-0.1, -0.05) is 29.4 Å². The first-order valence-electron chi connectivity index (χ1n) is 8.65. The second kappa shape index (κ2) is 8.91. The predicted octanol–water partition coefficient (Wildman–Crippen LogP) is 4.16. The molecule has 3 rings (SSSR count). The molecule has 158 valence electrons. The summed E-state index contributed by atoms with van der Waals surface area (Å²) >= 11 is 0. The van der Waals surface area contributed by atoms with E-state index in [1.54, 1.807) is 24.5 Å². The topological polar surface area (TPSA) is 90.6 Å². The number of ether oxygens (including phenoxy) is 1. The molecule has 2 heterocycles. The number of hydrogen-bond donors (Lipinski definition) is 0. The fourth-order valence-electron chi connectivity index (χ4n) is 2.50. The third kappa shape index (κ3) is 5.32. The molecule has 1 amide bonds. The number of hydrogen-bond acceptors (Lipinski definition) is 7. The first kappa shape index (κ1) is 21.2. The van der Waals surface area contributed by atoms with E-state index < -0.39 is 18.2 Å². The van der Waals surface area contributed by atoms with Crippen LogP contribution < -0.4 is 0 Å². The maximum Gasteiger partial charge on any atom is 0.471 e. The molecule has 11 heteroatoms. The van der Waals surface area contributed by atoms with Gasteiger partial charge in [-0.3, -0.25) is 9.82 Å². The second-order valence-corrected chi connectivity index (χ2v) is 6.26. The summed E-state index contributed by atoms with van der Waals surface area (Å²) in [4.78, 5) is 24.7. The van der Waals surface area contributed by atoms with Gasteiger partial charge in [0.1, 0.15) is 6.61 Å². The molecule has 0 unspecified atom stereocenters. The summed E-state index contributed by atoms with van der Waals surface area (Å²) in [5.74, 6) is -1.61. The van der Waals surface area contributed by atoms with E-state index in [0.717, 1.165) is 16.2 Å². The Labute approximate surface area is 169 Å². The highest BCUT2D eigenvalue weighted by molar-refractivity contribution is 5.66. The number of hydroxylamine groups is 2. The number of pyridine rings is 1. The lowest BCUT2D eigenvalue weighted by molar-refractivity contribution is -0.159. The second-order valence-electron chi connectivity index (χ2n) is 6.26. The van der Waals surface area contributed by atoms with E-state index >= 15 is 0 Å². The molecule has 0 saturated carbocycles. The number of benzene rings is 1. The molecular formula is C19H17F3N4O4. The Morgan fingerprint density at radius 2 is 1.90 bits per heavy atom. The molecule has 0 N–H and O–H groups in total. The standard InChI is InChI=1S/C19H17F3N4O4/c1-12-7-14(9-23-8-12)11-29-18(27)26(28-2)10-13-3-5-15(6-4-13)16-24-17(30-25-16)19(20,21)22/h3-9H,10-11H2,1-2H3. The SMILES string of the molecule is CON(Cc1ccc(-c2noc(C(F)(F)F)n2)cc1)C(=O)OCc1cncc(C)c1. The Morgan fingerprint density at radius 1 is 1.17 bits per heavy atom. The summed E-state index contributed by atoms with van der Waals surface area (Å²) < 4.78 is 47.1. The summed E-state index contributed by atoms with van der Waals surface area (Å²) in [5, 5.41) is 4.34. The van der Waals surface area contributed by atoms with Crippen LogP contribution in [-0.2, 0) is 28.9 Å². The molecular weight excluding hydrogens is 405 g/mol. The van der Waals surface area contributed by atoms with Gasteiger partial charge in [0.2, 0.25) is 5.82 Å². The lowest BCUT2D eigenvalue weighted by atomic mass is 10.1. The molecule has 8 nitrogen and oxygen atoms in total. The largest absolute Gasteiger partial charge is 0.471 e. The third-order valence-corrected chi connectivity index (χ3v) is 3.92. The highest BCUT2D eigenvalue weighted by atomic mass is 19.4. The van der Waals surface area contributed by atoms with Gasteiger partial charge in [0.15, 0.2) is 0 Å². The average molecular weight is 422 g/mol. The van der Waals surface area contributed by atoms with Crippen LogP contribution in [0, 0.1) is 6.92 Å². The number of amides is 1. The van der Waals surface area contributed by atoms with Gasteiger partial charge >= 0.3 is 18.2 Å². The van der Waals surface area contributed by atoms with Crippen LogP contribution >= 0.6 is 0 Å². The number of carbonyl (C=O) groups excluding carboxylic acids is 1. The molecule has 0 aliphatic carbocycles. The number of carbonyl (C=O) groups is 1. The first-order valence-corrected chi connectivity index (χ1v) is 8.65. The number of rotatable bonds is 6. The number of aryl methyl sites for hydroxylation is 1. The van der Waals surface area contributed by atoms with E-state index in [9.17, 15) is 18.0 Å². The van der Waals surface area contributed by atoms with Gasteiger partial charge in [-0.15, -0.1) is 0 Å². The Hall–Kier alpha value is -3.47. The van der Waals surface area contributed by atoms with E-state index in [1.807, 2.05) is 13.0 Å². The van der Waals surface area contributed by atoms with E-state index in [-0.39, 0.29) is 19.0 Å². The van der Waals surface area contributed by atoms with Crippen LogP contribution in [0.2, 0.25) is 0 Å². The Morgan fingerprint density at radius 3 is 2.50 bits per heavy atom. The zero-order valence-electron chi connectivity index (χ0n) is 16.0. The lowest BCUT2D eigenvalue weighted by Crippen LogP contribution is -2.30. The summed E-state index contributed by atoms with van der Waals surface area (Å²) in [6.45, 7) is 1.97. The molecule has 0 atom stereocenters. The zero-order valence-corrected chi connectivity index (χ0v) is 16.0. The average Bonchev–Trinajstić information content (AvgIpc) is 3.21. The fourth-order valence-corrected chi connectivity index (χ4v) is 2.50. The normalized spacial score (nSPS) is 11.4. The van der Waals surface area contributed by atoms with Gasteiger partial charge in [0, 0.05) is 23.5 Å². The maximum atomic E-state index is 12.6. The molecule has 0 saturated heterocycles. The summed E-state index contributed by atoms with van der Waals surface area (Å²) in [7, 11) is 1.32. The van der Waals surface area contributed by atoms with Crippen LogP contribution in [-0.4, -0.2) is 33.4 Å². The van der Waals surface area contributed by atoms with E-state index in [2.05, 4.69) is 19.6 Å². The lowest BCUT2D eigenvalue weighted by Gasteiger charge is -2.19. The van der Waals surface area contributed by atoms with E-state index in [0.29, 0.717) is 11.1 Å². The Balaban J connectivity index is 1.61. The van der Waals surface area contributed by atoms with Gasteiger partial charge in [-0.25, -0.2) is 4.79 Å². The maximum absolute atomic E-state index is 12.6. The molecule has 30 heavy (non-hydrogen) atoms. The summed E-state index contributed by atoms with van der Waals surface area (Å²) in [6, 6.07) is 8.07. The number of halogens is 3. The van der Waals surface area contributed by atoms with Crippen molar-refractivity contribution in [1.82, 2.24) is 20.2 Å². The van der Waals surface area contributed by atoms with Crippen LogP contribution in [0.5, 0.6) is 0 Å². The predicted molar refractivity (Wildman–Crippen MR) is 96.4 cm³/mol. The van der Waals surface area contributed by atoms with Crippen molar-refractivity contribution in [3.63, 3.8) is 0 Å². The minimum absolute atomic E-state index is 0.0334. The van der Waals surface area contributed by atoms with Gasteiger partial charge in [0.25, 0.3) is 0 Å². The molecule has 0 bridgehead atoms. The van der Waals surface area contributed by atoms with Crippen molar-refractivity contribution in [3.05, 3.63) is 65.3 Å². The van der Waals surface area contributed by atoms with E-state index in [1.165, 1.54) is 19.2 Å². The zero-order chi connectivity index (χ0) is 21.7. The molecule has 0 radical (unpaired) electrons. The molecule has 1 aromatic carbocycles. The van der Waals surface area contributed by atoms with Gasteiger partial charge in [-0.2, -0.15) is 23.2 Å². The van der Waals surface area contributed by atoms with Crippen molar-refractivity contribution < 1.29 is 32.1 Å². The van der Waals surface area contributed by atoms with Crippen molar-refractivity contribution in [2.45, 2.75) is 26.3 Å². The molecule has 0 spiro atoms. The van der Waals surface area contributed by atoms with Crippen molar-refractivity contribution in [1.29, 1.82) is 0 Å². The van der Waals surface area contributed by atoms with Crippen molar-refractivity contribution >= 4 is 6.09 Å². The van der Waals surface area contributed by atoms with Crippen molar-refractivity contribution in [3.8, 4) is 11.4 Å². The smallest absolute Gasteiger partial charge is 0.443 e. The Bertz CT molecular complexity index is 1010. The number of alkyl halides is 3. The van der Waals surface area contributed by atoms with Crippen molar-refractivity contribution in [2.75, 3.05) is 7.11 Å². The molecule has 2 aromatic heterocycles. The van der Waals surface area contributed by atoms with Gasteiger partial charge in [0.05, 0.1) is 13.7 Å². The number of nitrogens with zero attached hydrogens (tertiary/aromatic N) is 4. The minimum atomic E-state index is -4.71. The van der Waals surface area contributed by atoms with Crippen LogP contribution in [0.4, 0.5) is 18.0 Å². The van der Waals surface area contributed by atoms with Crippen LogP contribution in [0.25, 0.3) is 11.4 Å². The molecule has 0 aliphatic rings.